The third kappa shape index (κ3) is 12.1. The van der Waals surface area contributed by atoms with Gasteiger partial charge in [0.25, 0.3) is 0 Å². The molecule has 136 valence electrons. The van der Waals surface area contributed by atoms with Crippen molar-refractivity contribution in [2.24, 2.45) is 11.8 Å². The average molecular weight is 328 g/mol. The number of carbonyl (C=O) groups is 2. The predicted molar refractivity (Wildman–Crippen MR) is 93.1 cm³/mol. The molecule has 0 heterocycles. The van der Waals surface area contributed by atoms with Crippen molar-refractivity contribution in [1.29, 1.82) is 0 Å². The Bertz CT molecular complexity index is 310. The second-order valence-electron chi connectivity index (χ2n) is 6.32. The lowest BCUT2D eigenvalue weighted by Crippen LogP contribution is -2.14. The van der Waals surface area contributed by atoms with Crippen LogP contribution in [-0.4, -0.2) is 25.2 Å². The maximum atomic E-state index is 11.7. The molecule has 23 heavy (non-hydrogen) atoms. The summed E-state index contributed by atoms with van der Waals surface area (Å²) in [6, 6.07) is 0. The van der Waals surface area contributed by atoms with Gasteiger partial charge in [-0.25, -0.2) is 0 Å². The zero-order valence-corrected chi connectivity index (χ0v) is 15.6. The van der Waals surface area contributed by atoms with Crippen LogP contribution in [0.25, 0.3) is 0 Å². The van der Waals surface area contributed by atoms with Crippen molar-refractivity contribution in [3.05, 3.63) is 0 Å². The van der Waals surface area contributed by atoms with Crippen LogP contribution in [0.15, 0.2) is 0 Å². The molecule has 0 rings (SSSR count). The highest BCUT2D eigenvalue weighted by molar-refractivity contribution is 5.70. The molecule has 0 amide bonds. The standard InChI is InChI=1S/C19H36O4/c1-5-11-17(8-4)15-23-19(21)13-10-9-12-18(20)22-14-16(6-2)7-3/h16-17H,5-15H2,1-4H3. The molecular weight excluding hydrogens is 292 g/mol. The quantitative estimate of drug-likeness (QED) is 0.336. The lowest BCUT2D eigenvalue weighted by Gasteiger charge is -2.14. The summed E-state index contributed by atoms with van der Waals surface area (Å²) in [5, 5.41) is 0. The summed E-state index contributed by atoms with van der Waals surface area (Å²) in [5.74, 6) is 0.636. The van der Waals surface area contributed by atoms with Crippen molar-refractivity contribution < 1.29 is 19.1 Å². The molecule has 0 saturated carbocycles. The minimum absolute atomic E-state index is 0.148. The molecule has 0 aromatic heterocycles. The van der Waals surface area contributed by atoms with Crippen LogP contribution in [0.1, 0.15) is 85.5 Å². The molecule has 0 aliphatic carbocycles. The maximum Gasteiger partial charge on any atom is 0.305 e. The number of rotatable bonds is 14. The molecule has 0 fully saturated rings. The molecule has 0 aliphatic heterocycles. The van der Waals surface area contributed by atoms with E-state index in [2.05, 4.69) is 27.7 Å². The number of esters is 2. The van der Waals surface area contributed by atoms with Crippen LogP contribution >= 0.6 is 0 Å². The summed E-state index contributed by atoms with van der Waals surface area (Å²) in [6.07, 6.45) is 7.49. The highest BCUT2D eigenvalue weighted by Gasteiger charge is 2.11. The van der Waals surface area contributed by atoms with Gasteiger partial charge in [-0.3, -0.25) is 9.59 Å². The van der Waals surface area contributed by atoms with E-state index in [1.54, 1.807) is 0 Å². The van der Waals surface area contributed by atoms with Crippen LogP contribution < -0.4 is 0 Å². The highest BCUT2D eigenvalue weighted by Crippen LogP contribution is 2.12. The summed E-state index contributed by atoms with van der Waals surface area (Å²) in [4.78, 5) is 23.3. The molecule has 0 aliphatic rings. The highest BCUT2D eigenvalue weighted by atomic mass is 16.5. The van der Waals surface area contributed by atoms with Gasteiger partial charge in [-0.15, -0.1) is 0 Å². The minimum Gasteiger partial charge on any atom is -0.465 e. The third-order valence-corrected chi connectivity index (χ3v) is 4.40. The zero-order valence-electron chi connectivity index (χ0n) is 15.6. The maximum absolute atomic E-state index is 11.7. The predicted octanol–water partition coefficient (Wildman–Crippen LogP) is 4.90. The molecule has 0 aromatic carbocycles. The molecule has 0 N–H and O–H groups in total. The van der Waals surface area contributed by atoms with E-state index in [9.17, 15) is 9.59 Å². The van der Waals surface area contributed by atoms with Gasteiger partial charge in [-0.05, 0) is 31.1 Å². The lowest BCUT2D eigenvalue weighted by molar-refractivity contribution is -0.147. The fourth-order valence-corrected chi connectivity index (χ4v) is 2.44. The summed E-state index contributed by atoms with van der Waals surface area (Å²) in [5.41, 5.74) is 0. The normalized spacial score (nSPS) is 12.2. The van der Waals surface area contributed by atoms with Gasteiger partial charge in [0.15, 0.2) is 0 Å². The van der Waals surface area contributed by atoms with Gasteiger partial charge in [-0.2, -0.15) is 0 Å². The van der Waals surface area contributed by atoms with Gasteiger partial charge in [0.05, 0.1) is 13.2 Å². The van der Waals surface area contributed by atoms with Crippen molar-refractivity contribution >= 4 is 11.9 Å². The second-order valence-corrected chi connectivity index (χ2v) is 6.32. The Morgan fingerprint density at radius 1 is 0.739 bits per heavy atom. The van der Waals surface area contributed by atoms with E-state index in [1.165, 1.54) is 0 Å². The number of ether oxygens (including phenoxy) is 2. The van der Waals surface area contributed by atoms with Crippen LogP contribution in [0.4, 0.5) is 0 Å². The second kappa shape index (κ2) is 14.5. The minimum atomic E-state index is -0.153. The molecule has 0 spiro atoms. The van der Waals surface area contributed by atoms with E-state index in [-0.39, 0.29) is 11.9 Å². The van der Waals surface area contributed by atoms with Crippen LogP contribution in [0, 0.1) is 11.8 Å². The topological polar surface area (TPSA) is 52.6 Å². The van der Waals surface area contributed by atoms with E-state index >= 15 is 0 Å². The van der Waals surface area contributed by atoms with Crippen LogP contribution in [-0.2, 0) is 19.1 Å². The molecule has 0 bridgehead atoms. The van der Waals surface area contributed by atoms with Gasteiger partial charge < -0.3 is 9.47 Å². The van der Waals surface area contributed by atoms with E-state index in [1.807, 2.05) is 0 Å². The molecule has 4 heteroatoms. The SMILES string of the molecule is CCCC(CC)COC(=O)CCCCC(=O)OCC(CC)CC. The van der Waals surface area contributed by atoms with E-state index in [0.29, 0.717) is 50.7 Å². The molecule has 1 unspecified atom stereocenters. The average Bonchev–Trinajstić information content (AvgIpc) is 2.56. The largest absolute Gasteiger partial charge is 0.465 e. The lowest BCUT2D eigenvalue weighted by atomic mass is 10.0. The molecular formula is C19H36O4. The Labute approximate surface area is 142 Å². The van der Waals surface area contributed by atoms with Crippen molar-refractivity contribution in [3.63, 3.8) is 0 Å². The van der Waals surface area contributed by atoms with E-state index < -0.39 is 0 Å². The fraction of sp³-hybridized carbons (Fsp3) is 0.895. The Hall–Kier alpha value is -1.06. The smallest absolute Gasteiger partial charge is 0.305 e. The molecule has 4 nitrogen and oxygen atoms in total. The van der Waals surface area contributed by atoms with Crippen molar-refractivity contribution in [2.45, 2.75) is 85.5 Å². The number of hydrogen-bond donors (Lipinski definition) is 0. The van der Waals surface area contributed by atoms with Crippen LogP contribution in [0.3, 0.4) is 0 Å². The fourth-order valence-electron chi connectivity index (χ4n) is 2.44. The third-order valence-electron chi connectivity index (χ3n) is 4.40. The van der Waals surface area contributed by atoms with E-state index in [0.717, 1.165) is 32.1 Å². The first-order valence-corrected chi connectivity index (χ1v) is 9.38. The number of unbranched alkanes of at least 4 members (excludes halogenated alkanes) is 1. The molecule has 0 radical (unpaired) electrons. The first kappa shape index (κ1) is 21.9. The Kier molecular flexibility index (Phi) is 13.9. The Balaban J connectivity index is 3.66. The van der Waals surface area contributed by atoms with Crippen molar-refractivity contribution in [2.75, 3.05) is 13.2 Å². The van der Waals surface area contributed by atoms with Gasteiger partial charge in [0.2, 0.25) is 0 Å². The van der Waals surface area contributed by atoms with Gasteiger partial charge in [-0.1, -0.05) is 53.4 Å². The first-order valence-electron chi connectivity index (χ1n) is 9.38. The first-order chi connectivity index (χ1) is 11.1. The molecule has 1 atom stereocenters. The van der Waals surface area contributed by atoms with E-state index in [4.69, 9.17) is 9.47 Å². The summed E-state index contributed by atoms with van der Waals surface area (Å²) in [7, 11) is 0. The summed E-state index contributed by atoms with van der Waals surface area (Å²) < 4.78 is 10.6. The Morgan fingerprint density at radius 2 is 1.17 bits per heavy atom. The number of hydrogen-bond acceptors (Lipinski definition) is 4. The van der Waals surface area contributed by atoms with Gasteiger partial charge in [0, 0.05) is 12.8 Å². The van der Waals surface area contributed by atoms with Gasteiger partial charge >= 0.3 is 11.9 Å². The number of carbonyl (C=O) groups excluding carboxylic acids is 2. The zero-order chi connectivity index (χ0) is 17.5. The molecule has 0 aromatic rings. The summed E-state index contributed by atoms with van der Waals surface area (Å²) in [6.45, 7) is 9.53. The van der Waals surface area contributed by atoms with Crippen LogP contribution in [0.2, 0.25) is 0 Å². The van der Waals surface area contributed by atoms with Gasteiger partial charge in [0.1, 0.15) is 0 Å². The van der Waals surface area contributed by atoms with Crippen LogP contribution in [0.5, 0.6) is 0 Å². The summed E-state index contributed by atoms with van der Waals surface area (Å²) >= 11 is 0. The Morgan fingerprint density at radius 3 is 1.57 bits per heavy atom. The van der Waals surface area contributed by atoms with Crippen molar-refractivity contribution in [3.8, 4) is 0 Å². The molecule has 0 saturated heterocycles. The monoisotopic (exact) mass is 328 g/mol. The van der Waals surface area contributed by atoms with Crippen molar-refractivity contribution in [1.82, 2.24) is 0 Å².